The maximum absolute atomic E-state index is 12.1. The number of pyridine rings is 1. The number of nitriles is 1. The molecule has 4 heterocycles. The summed E-state index contributed by atoms with van der Waals surface area (Å²) in [5, 5.41) is 13.9. The summed E-state index contributed by atoms with van der Waals surface area (Å²) >= 11 is 0. The first-order valence-electron chi connectivity index (χ1n) is 10.1. The van der Waals surface area contributed by atoms with Crippen LogP contribution in [-0.2, 0) is 11.2 Å². The second-order valence-electron chi connectivity index (χ2n) is 7.55. The van der Waals surface area contributed by atoms with E-state index in [1.807, 2.05) is 19.9 Å². The predicted molar refractivity (Wildman–Crippen MR) is 106 cm³/mol. The van der Waals surface area contributed by atoms with Crippen LogP contribution in [0.4, 0.5) is 4.79 Å². The van der Waals surface area contributed by atoms with Crippen LogP contribution < -0.4 is 0 Å². The zero-order chi connectivity index (χ0) is 21.1. The van der Waals surface area contributed by atoms with Gasteiger partial charge in [-0.05, 0) is 38.2 Å². The molecule has 4 rings (SSSR count). The van der Waals surface area contributed by atoms with E-state index in [4.69, 9.17) is 13.7 Å². The number of ether oxygens (including phenoxy) is 1. The summed E-state index contributed by atoms with van der Waals surface area (Å²) in [6, 6.07) is 5.43. The van der Waals surface area contributed by atoms with Gasteiger partial charge in [-0.25, -0.2) is 9.78 Å². The number of amides is 1. The van der Waals surface area contributed by atoms with Gasteiger partial charge in [0.1, 0.15) is 17.8 Å². The van der Waals surface area contributed by atoms with Gasteiger partial charge in [-0.3, -0.25) is 0 Å². The third-order valence-corrected chi connectivity index (χ3v) is 5.45. The predicted octanol–water partition coefficient (Wildman–Crippen LogP) is 3.94. The molecule has 9 nitrogen and oxygen atoms in total. The molecule has 3 aromatic rings. The first-order chi connectivity index (χ1) is 14.6. The van der Waals surface area contributed by atoms with Crippen molar-refractivity contribution in [2.75, 3.05) is 13.1 Å². The molecule has 0 aliphatic carbocycles. The molecule has 0 saturated carbocycles. The van der Waals surface area contributed by atoms with Crippen LogP contribution in [0.5, 0.6) is 0 Å². The average molecular weight is 409 g/mol. The Labute approximate surface area is 173 Å². The molecule has 1 saturated heterocycles. The first-order valence-corrected chi connectivity index (χ1v) is 10.1. The van der Waals surface area contributed by atoms with E-state index in [9.17, 15) is 10.1 Å². The van der Waals surface area contributed by atoms with E-state index >= 15 is 0 Å². The molecule has 156 valence electrons. The number of carbonyl (C=O) groups is 1. The molecule has 1 amide bonds. The third-order valence-electron chi connectivity index (χ3n) is 5.45. The fourth-order valence-corrected chi connectivity index (χ4v) is 3.50. The van der Waals surface area contributed by atoms with Crippen LogP contribution in [0.15, 0.2) is 27.3 Å². The molecule has 0 spiro atoms. The van der Waals surface area contributed by atoms with E-state index in [0.29, 0.717) is 53.7 Å². The highest BCUT2D eigenvalue weighted by molar-refractivity contribution is 5.85. The van der Waals surface area contributed by atoms with Crippen molar-refractivity contribution in [3.8, 4) is 17.7 Å². The average Bonchev–Trinajstić information content (AvgIpc) is 3.40. The highest BCUT2D eigenvalue weighted by Crippen LogP contribution is 2.29. The summed E-state index contributed by atoms with van der Waals surface area (Å²) in [6.45, 7) is 5.22. The number of likely N-dealkylation sites (tertiary alicyclic amines) is 1. The Morgan fingerprint density at radius 1 is 1.43 bits per heavy atom. The summed E-state index contributed by atoms with van der Waals surface area (Å²) in [5.74, 6) is 1.66. The zero-order valence-corrected chi connectivity index (χ0v) is 17.0. The molecule has 0 aromatic carbocycles. The van der Waals surface area contributed by atoms with Crippen LogP contribution in [0, 0.1) is 17.2 Å². The van der Waals surface area contributed by atoms with Crippen LogP contribution in [0.3, 0.4) is 0 Å². The molecule has 9 heteroatoms. The van der Waals surface area contributed by atoms with Crippen molar-refractivity contribution in [1.29, 1.82) is 5.26 Å². The standard InChI is InChI=1S/C21H23N5O4/c1-3-13(2)28-21(27)26-8-5-14(6-9-26)10-19-24-20(30-25-19)18-11-15-16(12-22)23-7-4-17(15)29-18/h4,7,11,13-14H,3,5-6,8-10H2,1-2H3. The number of hydrogen-bond donors (Lipinski definition) is 0. The molecule has 1 aliphatic rings. The number of piperidine rings is 1. The molecule has 1 fully saturated rings. The molecule has 0 bridgehead atoms. The largest absolute Gasteiger partial charge is 0.451 e. The lowest BCUT2D eigenvalue weighted by atomic mass is 9.93. The Morgan fingerprint density at radius 3 is 2.97 bits per heavy atom. The highest BCUT2D eigenvalue weighted by Gasteiger charge is 2.26. The Morgan fingerprint density at radius 2 is 2.23 bits per heavy atom. The fraction of sp³-hybridized carbons (Fsp3) is 0.476. The summed E-state index contributed by atoms with van der Waals surface area (Å²) < 4.78 is 16.5. The monoisotopic (exact) mass is 409 g/mol. The molecule has 1 unspecified atom stereocenters. The Hall–Kier alpha value is -3.41. The van der Waals surface area contributed by atoms with Gasteiger partial charge in [0, 0.05) is 31.8 Å². The van der Waals surface area contributed by atoms with Gasteiger partial charge in [0.05, 0.1) is 5.39 Å². The van der Waals surface area contributed by atoms with Gasteiger partial charge in [0.25, 0.3) is 5.89 Å². The molecule has 3 aromatic heterocycles. The molecule has 1 aliphatic heterocycles. The first kappa shape index (κ1) is 19.9. The molecule has 0 N–H and O–H groups in total. The summed E-state index contributed by atoms with van der Waals surface area (Å²) in [6.07, 6.45) is 4.43. The highest BCUT2D eigenvalue weighted by atomic mass is 16.6. The number of carbonyl (C=O) groups excluding carboxylic acids is 1. The van der Waals surface area contributed by atoms with E-state index < -0.39 is 0 Å². The number of furan rings is 1. The summed E-state index contributed by atoms with van der Waals surface area (Å²) in [7, 11) is 0. The fourth-order valence-electron chi connectivity index (χ4n) is 3.50. The van der Waals surface area contributed by atoms with Gasteiger partial charge < -0.3 is 18.6 Å². The van der Waals surface area contributed by atoms with Crippen molar-refractivity contribution in [2.24, 2.45) is 5.92 Å². The molecule has 0 radical (unpaired) electrons. The Bertz CT molecular complexity index is 1070. The smallest absolute Gasteiger partial charge is 0.410 e. The van der Waals surface area contributed by atoms with Crippen molar-refractivity contribution < 1.29 is 18.5 Å². The lowest BCUT2D eigenvalue weighted by molar-refractivity contribution is 0.0579. The van der Waals surface area contributed by atoms with Crippen molar-refractivity contribution >= 4 is 17.1 Å². The van der Waals surface area contributed by atoms with Crippen LogP contribution in [-0.4, -0.2) is 45.3 Å². The number of hydrogen-bond acceptors (Lipinski definition) is 8. The van der Waals surface area contributed by atoms with Crippen LogP contribution >= 0.6 is 0 Å². The van der Waals surface area contributed by atoms with E-state index in [-0.39, 0.29) is 18.1 Å². The van der Waals surface area contributed by atoms with Gasteiger partial charge in [-0.2, -0.15) is 10.2 Å². The van der Waals surface area contributed by atoms with Gasteiger partial charge >= 0.3 is 6.09 Å². The molecular weight excluding hydrogens is 386 g/mol. The van der Waals surface area contributed by atoms with E-state index in [1.165, 1.54) is 6.20 Å². The number of fused-ring (bicyclic) bond motifs is 1. The zero-order valence-electron chi connectivity index (χ0n) is 17.0. The van der Waals surface area contributed by atoms with Crippen molar-refractivity contribution in [2.45, 2.75) is 45.6 Å². The van der Waals surface area contributed by atoms with Crippen LogP contribution in [0.2, 0.25) is 0 Å². The van der Waals surface area contributed by atoms with Gasteiger partial charge in [-0.1, -0.05) is 12.1 Å². The van der Waals surface area contributed by atoms with Gasteiger partial charge in [0.2, 0.25) is 0 Å². The SMILES string of the molecule is CCC(C)OC(=O)N1CCC(Cc2noc(-c3cc4c(C#N)nccc4o3)n2)CC1. The maximum atomic E-state index is 12.1. The maximum Gasteiger partial charge on any atom is 0.410 e. The minimum absolute atomic E-state index is 0.0637. The number of aromatic nitrogens is 3. The molecular formula is C21H23N5O4. The van der Waals surface area contributed by atoms with E-state index in [0.717, 1.165) is 19.3 Å². The van der Waals surface area contributed by atoms with Crippen LogP contribution in [0.1, 0.15) is 44.6 Å². The van der Waals surface area contributed by atoms with E-state index in [1.54, 1.807) is 17.0 Å². The molecule has 30 heavy (non-hydrogen) atoms. The van der Waals surface area contributed by atoms with Crippen molar-refractivity contribution in [1.82, 2.24) is 20.0 Å². The second kappa shape index (κ2) is 8.53. The minimum atomic E-state index is -0.235. The topological polar surface area (TPSA) is 118 Å². The van der Waals surface area contributed by atoms with Crippen LogP contribution in [0.25, 0.3) is 22.6 Å². The second-order valence-corrected chi connectivity index (χ2v) is 7.55. The van der Waals surface area contributed by atoms with Crippen molar-refractivity contribution in [3.05, 3.63) is 29.8 Å². The third kappa shape index (κ3) is 4.13. The van der Waals surface area contributed by atoms with Gasteiger partial charge in [0.15, 0.2) is 17.3 Å². The van der Waals surface area contributed by atoms with Crippen molar-refractivity contribution in [3.63, 3.8) is 0 Å². The van der Waals surface area contributed by atoms with E-state index in [2.05, 4.69) is 15.1 Å². The Balaban J connectivity index is 1.37. The lowest BCUT2D eigenvalue weighted by Gasteiger charge is -2.31. The summed E-state index contributed by atoms with van der Waals surface area (Å²) in [4.78, 5) is 22.4. The number of rotatable bonds is 5. The quantitative estimate of drug-likeness (QED) is 0.622. The minimum Gasteiger partial charge on any atom is -0.451 e. The normalized spacial score (nSPS) is 15.8. The Kier molecular flexibility index (Phi) is 5.65. The summed E-state index contributed by atoms with van der Waals surface area (Å²) in [5.41, 5.74) is 0.841. The van der Waals surface area contributed by atoms with Gasteiger partial charge in [-0.15, -0.1) is 0 Å². The lowest BCUT2D eigenvalue weighted by Crippen LogP contribution is -2.40. The number of nitrogens with zero attached hydrogens (tertiary/aromatic N) is 5. The molecule has 1 atom stereocenters.